The number of pyridine rings is 1. The van der Waals surface area contributed by atoms with Gasteiger partial charge in [-0.25, -0.2) is 25.9 Å². The van der Waals surface area contributed by atoms with Gasteiger partial charge in [0.15, 0.2) is 5.82 Å². The number of nitrogens with zero attached hydrogens (tertiary/aromatic N) is 2. The van der Waals surface area contributed by atoms with E-state index in [0.29, 0.717) is 22.0 Å². The van der Waals surface area contributed by atoms with Crippen molar-refractivity contribution in [2.24, 2.45) is 5.73 Å². The molecular formula is C22H19F3N4O3S. The van der Waals surface area contributed by atoms with Crippen LogP contribution in [-0.2, 0) is 14.8 Å². The molecule has 3 aromatic rings. The molecule has 0 fully saturated rings. The topological polar surface area (TPSA) is 109 Å². The second-order valence-electron chi connectivity index (χ2n) is 6.69. The van der Waals surface area contributed by atoms with E-state index < -0.39 is 44.8 Å². The van der Waals surface area contributed by atoms with Gasteiger partial charge in [0, 0.05) is 36.9 Å². The fraction of sp³-hybridized carbons (Fsp3) is 0.0909. The molecule has 1 aromatic heterocycles. The number of nitrogens with two attached hydrogens (primary N) is 1. The second kappa shape index (κ2) is 9.84. The van der Waals surface area contributed by atoms with Crippen LogP contribution in [0.3, 0.4) is 0 Å². The van der Waals surface area contributed by atoms with Crippen molar-refractivity contribution in [2.45, 2.75) is 4.90 Å². The highest BCUT2D eigenvalue weighted by Gasteiger charge is 2.31. The minimum atomic E-state index is -4.77. The van der Waals surface area contributed by atoms with E-state index in [-0.39, 0.29) is 16.8 Å². The Hall–Kier alpha value is -3.70. The van der Waals surface area contributed by atoms with Crippen LogP contribution in [0.1, 0.15) is 11.1 Å². The summed E-state index contributed by atoms with van der Waals surface area (Å²) in [6.45, 7) is -0.690. The molecule has 0 aliphatic carbocycles. The summed E-state index contributed by atoms with van der Waals surface area (Å²) in [5.74, 6) is -3.25. The summed E-state index contributed by atoms with van der Waals surface area (Å²) in [5, 5.41) is 7.70. The number of nitrogens with one attached hydrogen (secondary N) is 1. The van der Waals surface area contributed by atoms with Crippen molar-refractivity contribution in [3.8, 4) is 0 Å². The molecule has 0 atom stereocenters. The quantitative estimate of drug-likeness (QED) is 0.380. The predicted octanol–water partition coefficient (Wildman–Crippen LogP) is 3.77. The van der Waals surface area contributed by atoms with E-state index in [4.69, 9.17) is 15.9 Å². The average molecular weight is 476 g/mol. The summed E-state index contributed by atoms with van der Waals surface area (Å²) < 4.78 is 75.2. The van der Waals surface area contributed by atoms with Crippen molar-refractivity contribution in [1.29, 1.82) is 5.41 Å². The zero-order valence-corrected chi connectivity index (χ0v) is 18.1. The lowest BCUT2D eigenvalue weighted by atomic mass is 10.0. The summed E-state index contributed by atoms with van der Waals surface area (Å²) in [5.41, 5.74) is 5.98. The second-order valence-corrected chi connectivity index (χ2v) is 8.52. The average Bonchev–Trinajstić information content (AvgIpc) is 2.80. The number of aromatic nitrogens is 1. The minimum Gasteiger partial charge on any atom is -0.398 e. The highest BCUT2D eigenvalue weighted by Crippen LogP contribution is 2.32. The van der Waals surface area contributed by atoms with Crippen LogP contribution in [0.4, 0.5) is 18.9 Å². The van der Waals surface area contributed by atoms with Gasteiger partial charge in [0.05, 0.1) is 11.4 Å². The van der Waals surface area contributed by atoms with Gasteiger partial charge in [0.2, 0.25) is 0 Å². The Labute approximate surface area is 188 Å². The molecule has 2 aromatic carbocycles. The zero-order valence-electron chi connectivity index (χ0n) is 17.3. The molecule has 11 heteroatoms. The number of sulfonamides is 1. The smallest absolute Gasteiger partial charge is 0.269 e. The molecule has 0 spiro atoms. The summed E-state index contributed by atoms with van der Waals surface area (Å²) in [6, 6.07) is 8.85. The van der Waals surface area contributed by atoms with Crippen LogP contribution < -0.4 is 10.0 Å². The number of anilines is 1. The minimum absolute atomic E-state index is 0.137. The van der Waals surface area contributed by atoms with Crippen molar-refractivity contribution in [3.05, 3.63) is 89.5 Å². The van der Waals surface area contributed by atoms with Crippen molar-refractivity contribution in [1.82, 2.24) is 4.98 Å². The van der Waals surface area contributed by atoms with Crippen LogP contribution in [0.15, 0.2) is 65.8 Å². The van der Waals surface area contributed by atoms with Crippen LogP contribution in [0.25, 0.3) is 11.3 Å². The molecule has 7 nitrogen and oxygen atoms in total. The molecule has 0 bridgehead atoms. The monoisotopic (exact) mass is 476 g/mol. The molecule has 3 N–H and O–H groups in total. The maximum atomic E-state index is 15.6. The first-order valence-electron chi connectivity index (χ1n) is 9.38. The summed E-state index contributed by atoms with van der Waals surface area (Å²) in [6.07, 6.45) is 3.88. The van der Waals surface area contributed by atoms with E-state index in [0.717, 1.165) is 25.5 Å². The van der Waals surface area contributed by atoms with Gasteiger partial charge in [0.25, 0.3) is 10.0 Å². The summed E-state index contributed by atoms with van der Waals surface area (Å²) >= 11 is 0. The van der Waals surface area contributed by atoms with E-state index in [1.54, 1.807) is 12.1 Å². The SMILES string of the molecule is COCN(c1cccc(/C(N)=C(/C=N)c2ccncc2)c1F)S(=O)(=O)c1cc(F)ccc1F. The molecule has 3 rings (SSSR count). The fourth-order valence-corrected chi connectivity index (χ4v) is 4.55. The van der Waals surface area contributed by atoms with Crippen molar-refractivity contribution < 1.29 is 26.3 Å². The normalized spacial score (nSPS) is 12.2. The van der Waals surface area contributed by atoms with Crippen molar-refractivity contribution >= 4 is 33.2 Å². The van der Waals surface area contributed by atoms with E-state index in [1.807, 2.05) is 0 Å². The maximum absolute atomic E-state index is 15.6. The molecular weight excluding hydrogens is 457 g/mol. The Morgan fingerprint density at radius 1 is 1.15 bits per heavy atom. The lowest BCUT2D eigenvalue weighted by Crippen LogP contribution is -2.34. The predicted molar refractivity (Wildman–Crippen MR) is 118 cm³/mol. The number of benzene rings is 2. The van der Waals surface area contributed by atoms with Gasteiger partial charge in [-0.3, -0.25) is 4.98 Å². The summed E-state index contributed by atoms with van der Waals surface area (Å²) in [7, 11) is -3.61. The molecule has 172 valence electrons. The molecule has 0 unspecified atom stereocenters. The van der Waals surface area contributed by atoms with Gasteiger partial charge in [-0.2, -0.15) is 0 Å². The molecule has 0 aliphatic heterocycles. The lowest BCUT2D eigenvalue weighted by Gasteiger charge is -2.25. The van der Waals surface area contributed by atoms with E-state index in [2.05, 4.69) is 4.98 Å². The van der Waals surface area contributed by atoms with Crippen LogP contribution in [-0.4, -0.2) is 33.5 Å². The Bertz CT molecular complexity index is 1320. The fourth-order valence-electron chi connectivity index (χ4n) is 3.09. The summed E-state index contributed by atoms with van der Waals surface area (Å²) in [4.78, 5) is 2.90. The van der Waals surface area contributed by atoms with Crippen molar-refractivity contribution in [2.75, 3.05) is 18.1 Å². The van der Waals surface area contributed by atoms with Gasteiger partial charge in [0.1, 0.15) is 23.3 Å². The molecule has 1 heterocycles. The molecule has 0 amide bonds. The number of hydrogen-bond acceptors (Lipinski definition) is 6. The lowest BCUT2D eigenvalue weighted by molar-refractivity contribution is 0.209. The first-order valence-corrected chi connectivity index (χ1v) is 10.8. The van der Waals surface area contributed by atoms with Gasteiger partial charge in [-0.05, 0) is 48.0 Å². The van der Waals surface area contributed by atoms with E-state index >= 15 is 4.39 Å². The maximum Gasteiger partial charge on any atom is 0.269 e. The van der Waals surface area contributed by atoms with Crippen LogP contribution in [0, 0.1) is 22.9 Å². The highest BCUT2D eigenvalue weighted by molar-refractivity contribution is 7.92. The number of ether oxygens (including phenoxy) is 1. The highest BCUT2D eigenvalue weighted by atomic mass is 32.2. The Balaban J connectivity index is 2.20. The Morgan fingerprint density at radius 2 is 1.85 bits per heavy atom. The number of allylic oxidation sites excluding steroid dienone is 1. The van der Waals surface area contributed by atoms with Gasteiger partial charge in [-0.15, -0.1) is 0 Å². The van der Waals surface area contributed by atoms with Crippen molar-refractivity contribution in [3.63, 3.8) is 0 Å². The third kappa shape index (κ3) is 4.73. The third-order valence-electron chi connectivity index (χ3n) is 4.67. The molecule has 0 radical (unpaired) electrons. The van der Waals surface area contributed by atoms with E-state index in [9.17, 15) is 17.2 Å². The standard InChI is InChI=1S/C22H19F3N4O3S/c1-32-13-29(33(30,31)20-11-15(23)5-6-18(20)24)19-4-2-3-16(21(19)25)22(27)17(12-26)14-7-9-28-10-8-14/h2-12,26H,13,27H2,1H3/b22-17+,26-12?. The largest absolute Gasteiger partial charge is 0.398 e. The third-order valence-corrected chi connectivity index (χ3v) is 6.42. The van der Waals surface area contributed by atoms with Crippen LogP contribution >= 0.6 is 0 Å². The zero-order chi connectivity index (χ0) is 24.2. The molecule has 0 aliphatic rings. The Morgan fingerprint density at radius 3 is 2.48 bits per heavy atom. The first-order chi connectivity index (χ1) is 15.7. The van der Waals surface area contributed by atoms with Gasteiger partial charge in [-0.1, -0.05) is 6.07 Å². The van der Waals surface area contributed by atoms with Gasteiger partial charge >= 0.3 is 0 Å². The molecule has 0 saturated heterocycles. The number of hydrogen-bond donors (Lipinski definition) is 2. The molecule has 33 heavy (non-hydrogen) atoms. The Kier molecular flexibility index (Phi) is 7.14. The first kappa shape index (κ1) is 24.0. The number of halogens is 3. The molecule has 0 saturated carbocycles. The number of rotatable bonds is 8. The van der Waals surface area contributed by atoms with E-state index in [1.165, 1.54) is 24.5 Å². The van der Waals surface area contributed by atoms with Crippen LogP contribution in [0.5, 0.6) is 0 Å². The number of methoxy groups -OCH3 is 1. The van der Waals surface area contributed by atoms with Crippen LogP contribution in [0.2, 0.25) is 0 Å². The van der Waals surface area contributed by atoms with Gasteiger partial charge < -0.3 is 15.9 Å².